The third kappa shape index (κ3) is 4.16. The maximum atomic E-state index is 2.38. The minimum atomic E-state index is 1.22. The van der Waals surface area contributed by atoms with Gasteiger partial charge in [0.15, 0.2) is 0 Å². The maximum Gasteiger partial charge on any atom is -0.00928 e. The first-order valence-electron chi connectivity index (χ1n) is 16.7. The van der Waals surface area contributed by atoms with E-state index in [-0.39, 0.29) is 0 Å². The van der Waals surface area contributed by atoms with Crippen molar-refractivity contribution in [1.82, 2.24) is 0 Å². The van der Waals surface area contributed by atoms with Gasteiger partial charge in [-0.1, -0.05) is 158 Å². The van der Waals surface area contributed by atoms with Crippen molar-refractivity contribution in [2.75, 3.05) is 0 Å². The van der Waals surface area contributed by atoms with Gasteiger partial charge in [-0.25, -0.2) is 0 Å². The highest BCUT2D eigenvalue weighted by Gasteiger charge is 2.12. The summed E-state index contributed by atoms with van der Waals surface area (Å²) in [5.41, 5.74) is 7.34. The Morgan fingerprint density at radius 1 is 0.146 bits per heavy atom. The van der Waals surface area contributed by atoms with Crippen molar-refractivity contribution < 1.29 is 0 Å². The molecule has 0 aliphatic rings. The number of hydrogen-bond acceptors (Lipinski definition) is 0. The SMILES string of the molecule is c1cc(-c2cccc(-c3ccc4c5ccccc5c5ccccc5c4c3)c2)cc(-c2ccc3c4ccccc4c4ccccc4c3c2)c1. The molecule has 0 saturated carbocycles. The molecular formula is C48H30. The van der Waals surface area contributed by atoms with Crippen LogP contribution in [-0.4, -0.2) is 0 Å². The third-order valence-electron chi connectivity index (χ3n) is 10.2. The smallest absolute Gasteiger partial charge is 0.00928 e. The van der Waals surface area contributed by atoms with Crippen LogP contribution in [0.4, 0.5) is 0 Å². The molecule has 0 spiro atoms. The number of rotatable bonds is 3. The summed E-state index contributed by atoms with van der Waals surface area (Å²) in [6, 6.07) is 67.0. The van der Waals surface area contributed by atoms with Crippen LogP contribution in [0.5, 0.6) is 0 Å². The van der Waals surface area contributed by atoms with Gasteiger partial charge in [0, 0.05) is 0 Å². The fraction of sp³-hybridized carbons (Fsp3) is 0. The lowest BCUT2D eigenvalue weighted by Crippen LogP contribution is -1.87. The van der Waals surface area contributed by atoms with Crippen molar-refractivity contribution in [3.63, 3.8) is 0 Å². The molecule has 0 nitrogen and oxygen atoms in total. The zero-order valence-corrected chi connectivity index (χ0v) is 26.3. The molecule has 222 valence electrons. The van der Waals surface area contributed by atoms with Crippen LogP contribution < -0.4 is 0 Å². The lowest BCUT2D eigenvalue weighted by Gasteiger charge is -2.13. The van der Waals surface area contributed by atoms with Gasteiger partial charge in [-0.3, -0.25) is 0 Å². The molecule has 0 saturated heterocycles. The number of fused-ring (bicyclic) bond motifs is 12. The molecule has 0 heterocycles. The van der Waals surface area contributed by atoms with Crippen molar-refractivity contribution in [1.29, 1.82) is 0 Å². The summed E-state index contributed by atoms with van der Waals surface area (Å²) in [6.45, 7) is 0. The first-order chi connectivity index (χ1) is 23.8. The predicted octanol–water partition coefficient (Wildman–Crippen LogP) is 13.6. The van der Waals surface area contributed by atoms with E-state index in [0.717, 1.165) is 0 Å². The summed E-state index contributed by atoms with van der Waals surface area (Å²) in [4.78, 5) is 0. The predicted molar refractivity (Wildman–Crippen MR) is 208 cm³/mol. The largest absolute Gasteiger partial charge is 0.0616 e. The average molecular weight is 607 g/mol. The molecular weight excluding hydrogens is 577 g/mol. The molecule has 0 amide bonds. The van der Waals surface area contributed by atoms with Crippen molar-refractivity contribution in [3.8, 4) is 33.4 Å². The van der Waals surface area contributed by atoms with Gasteiger partial charge in [-0.05, 0) is 122 Å². The van der Waals surface area contributed by atoms with E-state index in [1.54, 1.807) is 0 Å². The van der Waals surface area contributed by atoms with E-state index in [2.05, 4.69) is 182 Å². The summed E-state index contributed by atoms with van der Waals surface area (Å²) in [5.74, 6) is 0. The zero-order valence-electron chi connectivity index (χ0n) is 26.3. The lowest BCUT2D eigenvalue weighted by atomic mass is 9.90. The molecule has 0 unspecified atom stereocenters. The van der Waals surface area contributed by atoms with Crippen LogP contribution in [0.25, 0.3) is 98.0 Å². The van der Waals surface area contributed by atoms with Crippen molar-refractivity contribution in [2.45, 2.75) is 0 Å². The third-order valence-corrected chi connectivity index (χ3v) is 10.2. The topological polar surface area (TPSA) is 0 Å². The highest BCUT2D eigenvalue weighted by molar-refractivity contribution is 6.27. The first kappa shape index (κ1) is 26.9. The summed E-state index contributed by atoms with van der Waals surface area (Å²) < 4.78 is 0. The van der Waals surface area contributed by atoms with Crippen LogP contribution in [-0.2, 0) is 0 Å². The molecule has 0 radical (unpaired) electrons. The lowest BCUT2D eigenvalue weighted by molar-refractivity contribution is 1.59. The van der Waals surface area contributed by atoms with E-state index in [9.17, 15) is 0 Å². The van der Waals surface area contributed by atoms with Gasteiger partial charge in [0.25, 0.3) is 0 Å². The second kappa shape index (κ2) is 10.7. The second-order valence-electron chi connectivity index (χ2n) is 12.9. The van der Waals surface area contributed by atoms with E-state index in [1.165, 1.54) is 98.0 Å². The Morgan fingerprint density at radius 2 is 0.375 bits per heavy atom. The van der Waals surface area contributed by atoms with E-state index in [0.29, 0.717) is 0 Å². The van der Waals surface area contributed by atoms with E-state index < -0.39 is 0 Å². The Labute approximate surface area is 279 Å². The second-order valence-corrected chi connectivity index (χ2v) is 12.9. The van der Waals surface area contributed by atoms with Crippen LogP contribution >= 0.6 is 0 Å². The fourth-order valence-corrected chi connectivity index (χ4v) is 7.93. The Kier molecular flexibility index (Phi) is 5.98. The molecule has 0 N–H and O–H groups in total. The minimum Gasteiger partial charge on any atom is -0.0616 e. The van der Waals surface area contributed by atoms with Crippen molar-refractivity contribution in [2.24, 2.45) is 0 Å². The minimum absolute atomic E-state index is 1.22. The Balaban J connectivity index is 1.08. The highest BCUT2D eigenvalue weighted by atomic mass is 14.2. The van der Waals surface area contributed by atoms with Gasteiger partial charge in [-0.2, -0.15) is 0 Å². The van der Waals surface area contributed by atoms with Crippen LogP contribution in [0, 0.1) is 0 Å². The molecule has 0 aromatic heterocycles. The Bertz CT molecular complexity index is 2620. The van der Waals surface area contributed by atoms with Gasteiger partial charge < -0.3 is 0 Å². The first-order valence-corrected chi connectivity index (χ1v) is 16.7. The summed E-state index contributed by atoms with van der Waals surface area (Å²) in [5, 5.41) is 15.6. The van der Waals surface area contributed by atoms with Crippen LogP contribution in [0.15, 0.2) is 182 Å². The number of hydrogen-bond donors (Lipinski definition) is 0. The Hall–Kier alpha value is -6.24. The highest BCUT2D eigenvalue weighted by Crippen LogP contribution is 2.39. The van der Waals surface area contributed by atoms with Gasteiger partial charge in [-0.15, -0.1) is 0 Å². The molecule has 10 aromatic carbocycles. The average Bonchev–Trinajstić information content (AvgIpc) is 3.18. The summed E-state index contributed by atoms with van der Waals surface area (Å²) >= 11 is 0. The van der Waals surface area contributed by atoms with E-state index in [1.807, 2.05) is 0 Å². The molecule has 0 bridgehead atoms. The van der Waals surface area contributed by atoms with Gasteiger partial charge in [0.1, 0.15) is 0 Å². The van der Waals surface area contributed by atoms with Crippen LogP contribution in [0.1, 0.15) is 0 Å². The molecule has 10 rings (SSSR count). The summed E-state index contributed by atoms with van der Waals surface area (Å²) in [6.07, 6.45) is 0. The molecule has 0 aliphatic carbocycles. The number of benzene rings is 10. The normalized spacial score (nSPS) is 11.8. The van der Waals surface area contributed by atoms with Crippen molar-refractivity contribution in [3.05, 3.63) is 182 Å². The van der Waals surface area contributed by atoms with Gasteiger partial charge >= 0.3 is 0 Å². The monoisotopic (exact) mass is 606 g/mol. The molecule has 0 heteroatoms. The quantitative estimate of drug-likeness (QED) is 0.176. The fourth-order valence-electron chi connectivity index (χ4n) is 7.93. The standard InChI is InChI=1S/C48H30/c1-3-19-41-37(15-1)39-17-5-7-21-43(39)47-29-35(23-25-45(41)47)33-13-9-11-31(27-33)32-12-10-14-34(28-32)36-24-26-46-42-20-4-2-16-38(42)40-18-6-8-22-44(40)48(46)30-36/h1-30H. The zero-order chi connectivity index (χ0) is 31.6. The molecule has 0 atom stereocenters. The van der Waals surface area contributed by atoms with Crippen molar-refractivity contribution >= 4 is 64.6 Å². The van der Waals surface area contributed by atoms with E-state index >= 15 is 0 Å². The molecule has 48 heavy (non-hydrogen) atoms. The maximum absolute atomic E-state index is 2.38. The molecule has 0 aliphatic heterocycles. The summed E-state index contributed by atoms with van der Waals surface area (Å²) in [7, 11) is 0. The molecule has 0 fully saturated rings. The Morgan fingerprint density at radius 3 is 0.667 bits per heavy atom. The van der Waals surface area contributed by atoms with Gasteiger partial charge in [0.2, 0.25) is 0 Å². The van der Waals surface area contributed by atoms with Gasteiger partial charge in [0.05, 0.1) is 0 Å². The van der Waals surface area contributed by atoms with Crippen LogP contribution in [0.2, 0.25) is 0 Å². The van der Waals surface area contributed by atoms with E-state index in [4.69, 9.17) is 0 Å². The van der Waals surface area contributed by atoms with Crippen LogP contribution in [0.3, 0.4) is 0 Å². The molecule has 10 aromatic rings.